The van der Waals surface area contributed by atoms with Crippen molar-refractivity contribution in [1.82, 2.24) is 0 Å². The van der Waals surface area contributed by atoms with E-state index >= 15 is 0 Å². The molecular weight excluding hydrogens is 751 g/mol. The van der Waals surface area contributed by atoms with Gasteiger partial charge in [0.05, 0.1) is 26.4 Å². The molecule has 0 spiro atoms. The lowest BCUT2D eigenvalue weighted by molar-refractivity contribution is -0.154. The molecule has 3 unspecified atom stereocenters. The SMILES string of the molecule is CC/C=C\C/C=C\C/C=C\C/C=C\C/C=C\C/C=C\CCCCCCCOCC(COP(=O)(O)OCC(O)CO)OC(=O)CC/C=C\C/C=C\C/C=C\C/C=C\CC. The van der Waals surface area contributed by atoms with E-state index in [-0.39, 0.29) is 13.0 Å². The zero-order valence-electron chi connectivity index (χ0n) is 35.7. The monoisotopic (exact) mass is 829 g/mol. The van der Waals surface area contributed by atoms with E-state index in [2.05, 4.69) is 123 Å². The summed E-state index contributed by atoms with van der Waals surface area (Å²) in [6, 6.07) is 0. The van der Waals surface area contributed by atoms with Crippen LogP contribution in [0.2, 0.25) is 0 Å². The maximum atomic E-state index is 12.5. The fourth-order valence-corrected chi connectivity index (χ4v) is 5.75. The molecule has 10 heteroatoms. The topological polar surface area (TPSA) is 132 Å². The third-order valence-electron chi connectivity index (χ3n) is 8.16. The standard InChI is InChI=1S/C48H77O9P/c1-3-5-7-9-11-13-15-17-18-19-20-21-22-23-24-25-26-27-29-31-33-35-37-39-41-54-44-47(45-56-58(52,53)55-43-46(50)42-49)57-48(51)40-38-36-34-32-30-28-16-14-12-10-8-6-4-2/h5-8,11-14,17-18,20-21,23-24,26-28,30,34,36,46-47,49-50H,3-4,9-10,15-16,19,22,25,29,31-33,35,37-45H2,1-2H3,(H,52,53)/b7-5-,8-6-,13-11-,14-12-,18-17-,21-20-,24-23-,27-26-,30-28-,36-34-. The van der Waals surface area contributed by atoms with Crippen LogP contribution < -0.4 is 0 Å². The summed E-state index contributed by atoms with van der Waals surface area (Å²) < 4.78 is 33.2. The number of phosphoric ester groups is 1. The van der Waals surface area contributed by atoms with Crippen LogP contribution in [0.3, 0.4) is 0 Å². The van der Waals surface area contributed by atoms with Gasteiger partial charge in [-0.2, -0.15) is 0 Å². The van der Waals surface area contributed by atoms with Crippen molar-refractivity contribution in [2.45, 2.75) is 142 Å². The summed E-state index contributed by atoms with van der Waals surface area (Å²) in [6.45, 7) is 3.09. The molecule has 3 N–H and O–H groups in total. The highest BCUT2D eigenvalue weighted by atomic mass is 31.2. The van der Waals surface area contributed by atoms with Gasteiger partial charge < -0.3 is 24.6 Å². The Labute approximate surface area is 352 Å². The van der Waals surface area contributed by atoms with Gasteiger partial charge >= 0.3 is 13.8 Å². The summed E-state index contributed by atoms with van der Waals surface area (Å²) in [7, 11) is -4.55. The molecule has 0 saturated carbocycles. The van der Waals surface area contributed by atoms with Crippen molar-refractivity contribution in [2.75, 3.05) is 33.0 Å². The summed E-state index contributed by atoms with van der Waals surface area (Å²) in [6.07, 6.45) is 57.5. The molecule has 58 heavy (non-hydrogen) atoms. The van der Waals surface area contributed by atoms with Crippen molar-refractivity contribution in [2.24, 2.45) is 0 Å². The number of carbonyl (C=O) groups is 1. The van der Waals surface area contributed by atoms with Gasteiger partial charge in [-0.3, -0.25) is 13.8 Å². The number of carbonyl (C=O) groups excluding carboxylic acids is 1. The first-order chi connectivity index (χ1) is 28.3. The Balaban J connectivity index is 4.29. The average molecular weight is 829 g/mol. The Hall–Kier alpha value is -3.14. The number of ether oxygens (including phenoxy) is 2. The van der Waals surface area contributed by atoms with Crippen LogP contribution in [-0.2, 0) is 27.9 Å². The summed E-state index contributed by atoms with van der Waals surface area (Å²) in [4.78, 5) is 22.5. The molecule has 0 saturated heterocycles. The minimum atomic E-state index is -4.55. The molecule has 0 amide bonds. The quantitative estimate of drug-likeness (QED) is 0.0240. The van der Waals surface area contributed by atoms with E-state index in [0.717, 1.165) is 103 Å². The van der Waals surface area contributed by atoms with Crippen LogP contribution in [0.15, 0.2) is 122 Å². The van der Waals surface area contributed by atoms with Gasteiger partial charge in [0.15, 0.2) is 0 Å². The Kier molecular flexibility index (Phi) is 41.1. The average Bonchev–Trinajstić information content (AvgIpc) is 3.21. The number of unbranched alkanes of at least 4 members (excludes halogenated alkanes) is 5. The first-order valence-corrected chi connectivity index (χ1v) is 23.0. The van der Waals surface area contributed by atoms with Crippen LogP contribution in [0.4, 0.5) is 0 Å². The Morgan fingerprint density at radius 2 is 0.931 bits per heavy atom. The zero-order chi connectivity index (χ0) is 42.5. The number of phosphoric acid groups is 1. The van der Waals surface area contributed by atoms with E-state index in [1.165, 1.54) is 0 Å². The van der Waals surface area contributed by atoms with E-state index in [9.17, 15) is 19.4 Å². The van der Waals surface area contributed by atoms with Gasteiger partial charge in [-0.25, -0.2) is 4.57 Å². The van der Waals surface area contributed by atoms with Crippen molar-refractivity contribution in [3.63, 3.8) is 0 Å². The molecule has 0 heterocycles. The molecule has 0 rings (SSSR count). The van der Waals surface area contributed by atoms with Gasteiger partial charge in [-0.05, 0) is 89.9 Å². The van der Waals surface area contributed by atoms with E-state index in [4.69, 9.17) is 23.6 Å². The number of esters is 1. The highest BCUT2D eigenvalue weighted by molar-refractivity contribution is 7.47. The Bertz CT molecular complexity index is 1310. The van der Waals surface area contributed by atoms with Gasteiger partial charge in [0.2, 0.25) is 0 Å². The number of aliphatic hydroxyl groups excluding tert-OH is 2. The van der Waals surface area contributed by atoms with Crippen LogP contribution in [0, 0.1) is 0 Å². The Morgan fingerprint density at radius 3 is 1.40 bits per heavy atom. The normalized spacial score (nSPS) is 15.2. The van der Waals surface area contributed by atoms with Gasteiger partial charge in [0.1, 0.15) is 12.2 Å². The second-order valence-corrected chi connectivity index (χ2v) is 15.0. The van der Waals surface area contributed by atoms with Crippen LogP contribution in [-0.4, -0.2) is 66.3 Å². The molecule has 0 aliphatic rings. The number of aliphatic hydroxyl groups is 2. The summed E-state index contributed by atoms with van der Waals surface area (Å²) in [5.41, 5.74) is 0. The maximum Gasteiger partial charge on any atom is 0.472 e. The predicted molar refractivity (Wildman–Crippen MR) is 241 cm³/mol. The number of hydrogen-bond donors (Lipinski definition) is 3. The zero-order valence-corrected chi connectivity index (χ0v) is 36.6. The van der Waals surface area contributed by atoms with E-state index in [1.54, 1.807) is 0 Å². The molecule has 0 aromatic rings. The predicted octanol–water partition coefficient (Wildman–Crippen LogP) is 12.0. The lowest BCUT2D eigenvalue weighted by Crippen LogP contribution is -2.29. The number of allylic oxidation sites excluding steroid dienone is 20. The van der Waals surface area contributed by atoms with Crippen LogP contribution in [0.25, 0.3) is 0 Å². The molecule has 3 atom stereocenters. The van der Waals surface area contributed by atoms with E-state index < -0.39 is 45.8 Å². The second-order valence-electron chi connectivity index (χ2n) is 13.6. The first-order valence-electron chi connectivity index (χ1n) is 21.5. The molecule has 0 aliphatic carbocycles. The molecule has 0 radical (unpaired) electrons. The van der Waals surface area contributed by atoms with E-state index in [1.807, 2.05) is 12.2 Å². The molecule has 9 nitrogen and oxygen atoms in total. The smallest absolute Gasteiger partial charge is 0.457 e. The fraction of sp³-hybridized carbons (Fsp3) is 0.562. The van der Waals surface area contributed by atoms with Crippen molar-refractivity contribution in [1.29, 1.82) is 0 Å². The highest BCUT2D eigenvalue weighted by Crippen LogP contribution is 2.43. The fourth-order valence-electron chi connectivity index (χ4n) is 4.96. The summed E-state index contributed by atoms with van der Waals surface area (Å²) >= 11 is 0. The third kappa shape index (κ3) is 42.5. The molecule has 0 fully saturated rings. The van der Waals surface area contributed by atoms with Crippen LogP contribution >= 0.6 is 7.82 Å². The van der Waals surface area contributed by atoms with Crippen molar-refractivity contribution in [3.8, 4) is 0 Å². The second kappa shape index (κ2) is 43.4. The Morgan fingerprint density at radius 1 is 0.534 bits per heavy atom. The lowest BCUT2D eigenvalue weighted by atomic mass is 10.1. The molecule has 0 aromatic heterocycles. The van der Waals surface area contributed by atoms with Gasteiger partial charge in [-0.1, -0.05) is 155 Å². The molecule has 0 aromatic carbocycles. The molecular formula is C48H77O9P. The summed E-state index contributed by atoms with van der Waals surface area (Å²) in [5.74, 6) is -0.476. The minimum absolute atomic E-state index is 0.00232. The van der Waals surface area contributed by atoms with Crippen molar-refractivity contribution in [3.05, 3.63) is 122 Å². The molecule has 0 bridgehead atoms. The first kappa shape index (κ1) is 54.9. The maximum absolute atomic E-state index is 12.5. The molecule has 0 aliphatic heterocycles. The highest BCUT2D eigenvalue weighted by Gasteiger charge is 2.26. The lowest BCUT2D eigenvalue weighted by Gasteiger charge is -2.20. The molecule has 328 valence electrons. The van der Waals surface area contributed by atoms with Crippen molar-refractivity contribution >= 4 is 13.8 Å². The van der Waals surface area contributed by atoms with Crippen molar-refractivity contribution < 1.29 is 43.0 Å². The van der Waals surface area contributed by atoms with Gasteiger partial charge in [0.25, 0.3) is 0 Å². The number of hydrogen-bond acceptors (Lipinski definition) is 8. The van der Waals surface area contributed by atoms with Crippen LogP contribution in [0.1, 0.15) is 129 Å². The van der Waals surface area contributed by atoms with Gasteiger partial charge in [0, 0.05) is 13.0 Å². The van der Waals surface area contributed by atoms with E-state index in [0.29, 0.717) is 13.0 Å². The summed E-state index contributed by atoms with van der Waals surface area (Å²) in [5, 5.41) is 18.3. The minimum Gasteiger partial charge on any atom is -0.457 e. The van der Waals surface area contributed by atoms with Crippen LogP contribution in [0.5, 0.6) is 0 Å². The largest absolute Gasteiger partial charge is 0.472 e. The number of rotatable bonds is 39. The van der Waals surface area contributed by atoms with Gasteiger partial charge in [-0.15, -0.1) is 0 Å². The third-order valence-corrected chi connectivity index (χ3v) is 9.11.